The summed E-state index contributed by atoms with van der Waals surface area (Å²) >= 11 is 0. The van der Waals surface area contributed by atoms with Crippen molar-refractivity contribution < 1.29 is 9.57 Å². The Morgan fingerprint density at radius 1 is 1.18 bits per heavy atom. The number of nitrogens with one attached hydrogen (secondary N) is 1. The zero-order valence-corrected chi connectivity index (χ0v) is 6.71. The number of hydrogen-bond acceptors (Lipinski definition) is 3. The van der Waals surface area contributed by atoms with E-state index in [9.17, 15) is 0 Å². The molecule has 3 nitrogen and oxygen atoms in total. The molecule has 0 radical (unpaired) electrons. The molecule has 2 aliphatic rings. The van der Waals surface area contributed by atoms with E-state index in [2.05, 4.69) is 5.48 Å². The standard InChI is InChI=1S/C8H15NO2/c1-2-4-8(3-1)11-9-7-5-10-6-7/h7-9H,1-6H2. The van der Waals surface area contributed by atoms with E-state index in [1.807, 2.05) is 0 Å². The van der Waals surface area contributed by atoms with Crippen LogP contribution in [-0.4, -0.2) is 25.4 Å². The summed E-state index contributed by atoms with van der Waals surface area (Å²) in [5.41, 5.74) is 3.04. The molecule has 1 aliphatic heterocycles. The third-order valence-electron chi connectivity index (χ3n) is 2.34. The Kier molecular flexibility index (Phi) is 2.41. The summed E-state index contributed by atoms with van der Waals surface area (Å²) in [4.78, 5) is 5.48. The van der Waals surface area contributed by atoms with Crippen molar-refractivity contribution in [3.63, 3.8) is 0 Å². The Hall–Kier alpha value is -0.120. The van der Waals surface area contributed by atoms with Crippen molar-refractivity contribution in [3.05, 3.63) is 0 Å². The van der Waals surface area contributed by atoms with Crippen LogP contribution >= 0.6 is 0 Å². The lowest BCUT2D eigenvalue weighted by atomic mass is 10.3. The normalized spacial score (nSPS) is 27.3. The van der Waals surface area contributed by atoms with Crippen molar-refractivity contribution in [2.24, 2.45) is 0 Å². The number of hydroxylamine groups is 1. The van der Waals surface area contributed by atoms with Gasteiger partial charge in [0.1, 0.15) is 0 Å². The fourth-order valence-electron chi connectivity index (χ4n) is 1.50. The quantitative estimate of drug-likeness (QED) is 0.616. The zero-order chi connectivity index (χ0) is 7.52. The summed E-state index contributed by atoms with van der Waals surface area (Å²) in [5.74, 6) is 0. The molecule has 1 heterocycles. The van der Waals surface area contributed by atoms with Crippen molar-refractivity contribution in [1.82, 2.24) is 5.48 Å². The first-order valence-electron chi connectivity index (χ1n) is 4.44. The fourth-order valence-corrected chi connectivity index (χ4v) is 1.50. The first-order chi connectivity index (χ1) is 5.45. The molecule has 1 saturated heterocycles. The predicted octanol–water partition coefficient (Wildman–Crippen LogP) is 0.849. The molecule has 0 atom stereocenters. The lowest BCUT2D eigenvalue weighted by Gasteiger charge is -2.27. The van der Waals surface area contributed by atoms with E-state index in [-0.39, 0.29) is 0 Å². The van der Waals surface area contributed by atoms with Crippen LogP contribution in [-0.2, 0) is 9.57 Å². The molecule has 0 aromatic rings. The molecule has 0 aromatic carbocycles. The van der Waals surface area contributed by atoms with Crippen LogP contribution in [0.4, 0.5) is 0 Å². The minimum atomic E-state index is 0.454. The SMILES string of the molecule is C1CCC(ONC2COC2)C1. The van der Waals surface area contributed by atoms with Crippen molar-refractivity contribution in [2.45, 2.75) is 37.8 Å². The minimum absolute atomic E-state index is 0.454. The molecule has 2 rings (SSSR count). The highest BCUT2D eigenvalue weighted by molar-refractivity contribution is 4.70. The summed E-state index contributed by atoms with van der Waals surface area (Å²) in [7, 11) is 0. The van der Waals surface area contributed by atoms with Gasteiger partial charge in [-0.15, -0.1) is 0 Å². The van der Waals surface area contributed by atoms with E-state index in [4.69, 9.17) is 9.57 Å². The molecule has 3 heteroatoms. The van der Waals surface area contributed by atoms with E-state index in [0.717, 1.165) is 13.2 Å². The van der Waals surface area contributed by atoms with Crippen LogP contribution in [0.1, 0.15) is 25.7 Å². The van der Waals surface area contributed by atoms with Gasteiger partial charge in [-0.3, -0.25) is 4.84 Å². The fraction of sp³-hybridized carbons (Fsp3) is 1.00. The van der Waals surface area contributed by atoms with Gasteiger partial charge in [-0.2, -0.15) is 5.48 Å². The van der Waals surface area contributed by atoms with E-state index in [1.54, 1.807) is 0 Å². The van der Waals surface area contributed by atoms with Gasteiger partial charge in [-0.1, -0.05) is 12.8 Å². The van der Waals surface area contributed by atoms with Crippen molar-refractivity contribution >= 4 is 0 Å². The molecule has 1 N–H and O–H groups in total. The second-order valence-corrected chi connectivity index (χ2v) is 3.38. The zero-order valence-electron chi connectivity index (χ0n) is 6.71. The summed E-state index contributed by atoms with van der Waals surface area (Å²) in [6, 6.07) is 0.454. The number of rotatable bonds is 3. The maximum atomic E-state index is 5.48. The van der Waals surface area contributed by atoms with E-state index in [1.165, 1.54) is 25.7 Å². The van der Waals surface area contributed by atoms with Crippen LogP contribution in [0, 0.1) is 0 Å². The Labute approximate surface area is 67.0 Å². The maximum absolute atomic E-state index is 5.48. The molecule has 1 aliphatic carbocycles. The molecule has 64 valence electrons. The van der Waals surface area contributed by atoms with Crippen molar-refractivity contribution in [2.75, 3.05) is 13.2 Å². The minimum Gasteiger partial charge on any atom is -0.378 e. The Bertz CT molecular complexity index is 119. The molecule has 0 spiro atoms. The van der Waals surface area contributed by atoms with Crippen LogP contribution in [0.5, 0.6) is 0 Å². The molecule has 0 unspecified atom stereocenters. The van der Waals surface area contributed by atoms with E-state index in [0.29, 0.717) is 12.1 Å². The third kappa shape index (κ3) is 1.92. The number of hydrogen-bond donors (Lipinski definition) is 1. The van der Waals surface area contributed by atoms with Gasteiger partial charge in [0, 0.05) is 0 Å². The second kappa shape index (κ2) is 3.52. The van der Waals surface area contributed by atoms with Gasteiger partial charge in [0.2, 0.25) is 0 Å². The molecule has 0 amide bonds. The molecular formula is C8H15NO2. The highest BCUT2D eigenvalue weighted by Crippen LogP contribution is 2.20. The average Bonchev–Trinajstić information content (AvgIpc) is 2.36. The van der Waals surface area contributed by atoms with Gasteiger partial charge in [-0.25, -0.2) is 0 Å². The first kappa shape index (κ1) is 7.53. The maximum Gasteiger partial charge on any atom is 0.0790 e. The number of ether oxygens (including phenoxy) is 1. The van der Waals surface area contributed by atoms with Gasteiger partial charge in [0.25, 0.3) is 0 Å². The Balaban J connectivity index is 1.57. The monoisotopic (exact) mass is 157 g/mol. The van der Waals surface area contributed by atoms with Crippen LogP contribution in [0.15, 0.2) is 0 Å². The van der Waals surface area contributed by atoms with Crippen molar-refractivity contribution in [3.8, 4) is 0 Å². The largest absolute Gasteiger partial charge is 0.378 e. The highest BCUT2D eigenvalue weighted by atomic mass is 16.7. The topological polar surface area (TPSA) is 30.5 Å². The van der Waals surface area contributed by atoms with Gasteiger partial charge in [-0.05, 0) is 12.8 Å². The molecule has 0 aromatic heterocycles. The predicted molar refractivity (Wildman–Crippen MR) is 41.1 cm³/mol. The lowest BCUT2D eigenvalue weighted by Crippen LogP contribution is -2.46. The van der Waals surface area contributed by atoms with Crippen molar-refractivity contribution in [1.29, 1.82) is 0 Å². The summed E-state index contributed by atoms with van der Waals surface area (Å²) in [6.45, 7) is 1.62. The van der Waals surface area contributed by atoms with E-state index < -0.39 is 0 Å². The summed E-state index contributed by atoms with van der Waals surface area (Å²) in [5, 5.41) is 0. The van der Waals surface area contributed by atoms with Crippen LogP contribution in [0.2, 0.25) is 0 Å². The highest BCUT2D eigenvalue weighted by Gasteiger charge is 2.21. The summed E-state index contributed by atoms with van der Waals surface area (Å²) in [6.07, 6.45) is 5.57. The Morgan fingerprint density at radius 2 is 1.91 bits per heavy atom. The third-order valence-corrected chi connectivity index (χ3v) is 2.34. The Morgan fingerprint density at radius 3 is 2.45 bits per heavy atom. The van der Waals surface area contributed by atoms with Gasteiger partial charge in [0.15, 0.2) is 0 Å². The average molecular weight is 157 g/mol. The first-order valence-corrected chi connectivity index (χ1v) is 4.44. The van der Waals surface area contributed by atoms with Crippen LogP contribution < -0.4 is 5.48 Å². The molecule has 2 fully saturated rings. The van der Waals surface area contributed by atoms with Gasteiger partial charge < -0.3 is 4.74 Å². The molecular weight excluding hydrogens is 142 g/mol. The van der Waals surface area contributed by atoms with E-state index >= 15 is 0 Å². The molecule has 11 heavy (non-hydrogen) atoms. The van der Waals surface area contributed by atoms with Gasteiger partial charge in [0.05, 0.1) is 25.4 Å². The molecule has 0 bridgehead atoms. The van der Waals surface area contributed by atoms with Crippen LogP contribution in [0.3, 0.4) is 0 Å². The second-order valence-electron chi connectivity index (χ2n) is 3.38. The lowest BCUT2D eigenvalue weighted by molar-refractivity contribution is -0.113. The molecule has 1 saturated carbocycles. The van der Waals surface area contributed by atoms with Crippen LogP contribution in [0.25, 0.3) is 0 Å². The van der Waals surface area contributed by atoms with Gasteiger partial charge >= 0.3 is 0 Å². The summed E-state index contributed by atoms with van der Waals surface area (Å²) < 4.78 is 5.01. The smallest absolute Gasteiger partial charge is 0.0790 e.